The third-order valence-electron chi connectivity index (χ3n) is 7.49. The van der Waals surface area contributed by atoms with Crippen molar-refractivity contribution in [1.29, 1.82) is 0 Å². The van der Waals surface area contributed by atoms with Crippen LogP contribution in [0.15, 0.2) is 60.9 Å². The van der Waals surface area contributed by atoms with Gasteiger partial charge in [-0.25, -0.2) is 4.79 Å². The van der Waals surface area contributed by atoms with Gasteiger partial charge in [-0.2, -0.15) is 0 Å². The second kappa shape index (κ2) is 14.9. The van der Waals surface area contributed by atoms with Crippen LogP contribution in [0.25, 0.3) is 21.8 Å². The van der Waals surface area contributed by atoms with Crippen molar-refractivity contribution in [3.05, 3.63) is 72.1 Å². The number of rotatable bonds is 16. The summed E-state index contributed by atoms with van der Waals surface area (Å²) in [5.74, 6) is -6.10. The summed E-state index contributed by atoms with van der Waals surface area (Å²) in [6, 6.07) is 8.94. The minimum Gasteiger partial charge on any atom is -0.481 e. The van der Waals surface area contributed by atoms with Crippen molar-refractivity contribution in [1.82, 2.24) is 25.9 Å². The minimum atomic E-state index is -1.55. The maximum Gasteiger partial charge on any atom is 0.326 e. The molecule has 0 saturated heterocycles. The van der Waals surface area contributed by atoms with Gasteiger partial charge in [0.25, 0.3) is 0 Å². The van der Waals surface area contributed by atoms with Crippen LogP contribution in [0, 0.1) is 0 Å². The molecule has 0 radical (unpaired) electrons. The van der Waals surface area contributed by atoms with E-state index >= 15 is 0 Å². The molecule has 0 saturated carbocycles. The number of aromatic amines is 2. The molecule has 0 aliphatic carbocycles. The highest BCUT2D eigenvalue weighted by molar-refractivity contribution is 5.97. The predicted molar refractivity (Wildman–Crippen MR) is 166 cm³/mol. The number of nitrogens with two attached hydrogens (primary N) is 2. The Morgan fingerprint density at radius 1 is 0.696 bits per heavy atom. The molecule has 4 aromatic rings. The molecule has 2 aromatic carbocycles. The van der Waals surface area contributed by atoms with Crippen LogP contribution >= 0.6 is 0 Å². The van der Waals surface area contributed by atoms with E-state index in [4.69, 9.17) is 16.6 Å². The van der Waals surface area contributed by atoms with Gasteiger partial charge in [0.15, 0.2) is 0 Å². The highest BCUT2D eigenvalue weighted by atomic mass is 16.4. The smallest absolute Gasteiger partial charge is 0.326 e. The number of carboxylic acids is 2. The molecule has 0 bridgehead atoms. The van der Waals surface area contributed by atoms with Crippen molar-refractivity contribution in [3.63, 3.8) is 0 Å². The zero-order chi connectivity index (χ0) is 33.4. The number of hydrogen-bond donors (Lipinski definition) is 9. The van der Waals surface area contributed by atoms with Gasteiger partial charge in [0.2, 0.25) is 23.6 Å². The van der Waals surface area contributed by atoms with E-state index in [0.717, 1.165) is 21.8 Å². The van der Waals surface area contributed by atoms with Crippen molar-refractivity contribution >= 4 is 57.4 Å². The van der Waals surface area contributed by atoms with Gasteiger partial charge >= 0.3 is 11.9 Å². The lowest BCUT2D eigenvalue weighted by atomic mass is 10.0. The number of amides is 4. The predicted octanol–water partition coefficient (Wildman–Crippen LogP) is 0.0409. The van der Waals surface area contributed by atoms with E-state index in [1.165, 1.54) is 0 Å². The SMILES string of the molecule is NC(=O)CC(NC(=O)C(N)CCC(=O)O)C(=O)NC(Cc1c[nH]c2ccccc12)C(=O)NC(Cc1c[nH]c2ccccc12)C(=O)O. The van der Waals surface area contributed by atoms with E-state index in [2.05, 4.69) is 25.9 Å². The number of H-pyrrole nitrogens is 2. The van der Waals surface area contributed by atoms with Gasteiger partial charge in [0, 0.05) is 53.5 Å². The molecule has 15 heteroatoms. The fraction of sp³-hybridized carbons (Fsp3) is 0.290. The number of carbonyl (C=O) groups is 6. The Bertz CT molecular complexity index is 1760. The number of hydrogen-bond acceptors (Lipinski definition) is 7. The number of carbonyl (C=O) groups excluding carboxylic acids is 4. The van der Waals surface area contributed by atoms with Gasteiger partial charge in [-0.15, -0.1) is 0 Å². The molecule has 4 amide bonds. The van der Waals surface area contributed by atoms with E-state index in [1.807, 2.05) is 36.4 Å². The Kier molecular flexibility index (Phi) is 10.7. The molecular weight excluding hydrogens is 598 g/mol. The summed E-state index contributed by atoms with van der Waals surface area (Å²) >= 11 is 0. The summed E-state index contributed by atoms with van der Waals surface area (Å²) in [6.07, 6.45) is 1.88. The van der Waals surface area contributed by atoms with Crippen molar-refractivity contribution in [2.45, 2.75) is 56.3 Å². The molecule has 0 aliphatic rings. The van der Waals surface area contributed by atoms with Gasteiger partial charge in [-0.3, -0.25) is 24.0 Å². The average Bonchev–Trinajstić information content (AvgIpc) is 3.62. The van der Waals surface area contributed by atoms with Crippen LogP contribution in [-0.4, -0.2) is 79.9 Å². The number of fused-ring (bicyclic) bond motifs is 2. The molecule has 4 atom stereocenters. The van der Waals surface area contributed by atoms with Crippen LogP contribution in [0.5, 0.6) is 0 Å². The van der Waals surface area contributed by atoms with Gasteiger partial charge in [0.05, 0.1) is 12.5 Å². The Morgan fingerprint density at radius 3 is 1.70 bits per heavy atom. The molecule has 46 heavy (non-hydrogen) atoms. The fourth-order valence-corrected chi connectivity index (χ4v) is 5.09. The zero-order valence-corrected chi connectivity index (χ0v) is 24.6. The third-order valence-corrected chi connectivity index (χ3v) is 7.49. The molecule has 0 spiro atoms. The molecule has 2 aromatic heterocycles. The summed E-state index contributed by atoms with van der Waals surface area (Å²) in [4.78, 5) is 80.9. The first kappa shape index (κ1) is 33.2. The summed E-state index contributed by atoms with van der Waals surface area (Å²) in [5.41, 5.74) is 13.9. The van der Waals surface area contributed by atoms with Crippen LogP contribution in [0.4, 0.5) is 0 Å². The second-order valence-electron chi connectivity index (χ2n) is 10.9. The Morgan fingerprint density at radius 2 is 1.17 bits per heavy atom. The van der Waals surface area contributed by atoms with Crippen molar-refractivity contribution in [2.24, 2.45) is 11.5 Å². The van der Waals surface area contributed by atoms with Crippen LogP contribution < -0.4 is 27.4 Å². The number of nitrogens with one attached hydrogen (secondary N) is 5. The van der Waals surface area contributed by atoms with Crippen LogP contribution in [0.1, 0.15) is 30.4 Å². The molecule has 4 rings (SSSR count). The molecule has 15 nitrogen and oxygen atoms in total. The molecule has 0 aliphatic heterocycles. The van der Waals surface area contributed by atoms with E-state index in [1.54, 1.807) is 24.5 Å². The monoisotopic (exact) mass is 633 g/mol. The normalized spacial score (nSPS) is 13.8. The van der Waals surface area contributed by atoms with E-state index in [0.29, 0.717) is 11.1 Å². The first-order valence-corrected chi connectivity index (χ1v) is 14.4. The summed E-state index contributed by atoms with van der Waals surface area (Å²) in [6.45, 7) is 0. The molecule has 2 heterocycles. The van der Waals surface area contributed by atoms with Crippen molar-refractivity contribution in [3.8, 4) is 0 Å². The Labute approximate surface area is 262 Å². The van der Waals surface area contributed by atoms with Crippen molar-refractivity contribution < 1.29 is 39.0 Å². The quantitative estimate of drug-likeness (QED) is 0.0805. The zero-order valence-electron chi connectivity index (χ0n) is 24.6. The lowest BCUT2D eigenvalue weighted by Crippen LogP contribution is -2.58. The van der Waals surface area contributed by atoms with Crippen molar-refractivity contribution in [2.75, 3.05) is 0 Å². The number of para-hydroxylation sites is 2. The van der Waals surface area contributed by atoms with Gasteiger partial charge < -0.3 is 47.6 Å². The highest BCUT2D eigenvalue weighted by Crippen LogP contribution is 2.21. The third kappa shape index (κ3) is 8.47. The fourth-order valence-electron chi connectivity index (χ4n) is 5.09. The van der Waals surface area contributed by atoms with Gasteiger partial charge in [0.1, 0.15) is 18.1 Å². The average molecular weight is 634 g/mol. The summed E-state index contributed by atoms with van der Waals surface area (Å²) < 4.78 is 0. The van der Waals surface area contributed by atoms with Gasteiger partial charge in [-0.05, 0) is 29.7 Å². The summed E-state index contributed by atoms with van der Waals surface area (Å²) in [7, 11) is 0. The van der Waals surface area contributed by atoms with E-state index in [9.17, 15) is 33.9 Å². The molecule has 11 N–H and O–H groups in total. The Balaban J connectivity index is 1.57. The number of aliphatic carboxylic acids is 2. The minimum absolute atomic E-state index is 0.0621. The maximum atomic E-state index is 13.7. The second-order valence-corrected chi connectivity index (χ2v) is 10.9. The van der Waals surface area contributed by atoms with E-state index < -0.39 is 72.6 Å². The lowest BCUT2D eigenvalue weighted by molar-refractivity contribution is -0.142. The highest BCUT2D eigenvalue weighted by Gasteiger charge is 2.32. The van der Waals surface area contributed by atoms with Crippen LogP contribution in [-0.2, 0) is 41.6 Å². The Hall–Kier alpha value is -5.70. The molecule has 0 fully saturated rings. The largest absolute Gasteiger partial charge is 0.481 e. The molecular formula is C31H35N7O8. The molecule has 242 valence electrons. The van der Waals surface area contributed by atoms with Crippen LogP contribution in [0.3, 0.4) is 0 Å². The first-order chi connectivity index (χ1) is 21.9. The number of benzene rings is 2. The first-order valence-electron chi connectivity index (χ1n) is 14.4. The standard InChI is InChI=1S/C31H35N7O8/c32-20(9-10-27(40)41)28(42)36-24(13-26(33)39)30(44)37-23(11-16-14-34-21-7-3-1-5-18(16)21)29(43)38-25(31(45)46)12-17-15-35-22-8-4-2-6-19(17)22/h1-8,14-15,20,23-25,34-35H,9-13,32H2,(H2,33,39)(H,36,42)(H,37,44)(H,38,43)(H,40,41)(H,45,46). The number of aromatic nitrogens is 2. The lowest BCUT2D eigenvalue weighted by Gasteiger charge is -2.25. The summed E-state index contributed by atoms with van der Waals surface area (Å²) in [5, 5.41) is 27.8. The number of primary amides is 1. The number of carboxylic acid groups (broad SMARTS) is 2. The van der Waals surface area contributed by atoms with Gasteiger partial charge in [-0.1, -0.05) is 36.4 Å². The molecule has 4 unspecified atom stereocenters. The topological polar surface area (TPSA) is 263 Å². The maximum absolute atomic E-state index is 13.7. The van der Waals surface area contributed by atoms with Crippen LogP contribution in [0.2, 0.25) is 0 Å². The van der Waals surface area contributed by atoms with E-state index in [-0.39, 0.29) is 19.3 Å².